The van der Waals surface area contributed by atoms with Gasteiger partial charge in [0.15, 0.2) is 0 Å². The summed E-state index contributed by atoms with van der Waals surface area (Å²) < 4.78 is 0. The molecule has 2 rings (SSSR count). The molecule has 1 heterocycles. The Labute approximate surface area is 75.3 Å². The van der Waals surface area contributed by atoms with E-state index in [9.17, 15) is 0 Å². The third-order valence-corrected chi connectivity index (χ3v) is 3.06. The van der Waals surface area contributed by atoms with E-state index >= 15 is 0 Å². The minimum atomic E-state index is 0.876. The largest absolute Gasteiger partial charge is 0.314 e. The molecule has 1 radical (unpaired) electrons. The Morgan fingerprint density at radius 1 is 1.17 bits per heavy atom. The summed E-state index contributed by atoms with van der Waals surface area (Å²) in [6.07, 6.45) is 7.21. The summed E-state index contributed by atoms with van der Waals surface area (Å²) in [5.74, 6) is 0. The summed E-state index contributed by atoms with van der Waals surface area (Å²) in [6, 6.07) is 0.876. The second-order valence-corrected chi connectivity index (χ2v) is 3.92. The molecule has 69 valence electrons. The first-order valence-electron chi connectivity index (χ1n) is 5.26. The fourth-order valence-electron chi connectivity index (χ4n) is 2.33. The van der Waals surface area contributed by atoms with E-state index in [1.54, 1.807) is 0 Å². The quantitative estimate of drug-likeness (QED) is 0.635. The van der Waals surface area contributed by atoms with E-state index in [1.807, 2.05) is 0 Å². The summed E-state index contributed by atoms with van der Waals surface area (Å²) >= 11 is 0. The van der Waals surface area contributed by atoms with Crippen LogP contribution in [0, 0.1) is 6.54 Å². The van der Waals surface area contributed by atoms with Crippen molar-refractivity contribution in [2.24, 2.45) is 0 Å². The molecular weight excluding hydrogens is 148 g/mol. The van der Waals surface area contributed by atoms with Crippen LogP contribution in [-0.2, 0) is 0 Å². The highest BCUT2D eigenvalue weighted by atomic mass is 15.2. The van der Waals surface area contributed by atoms with Crippen LogP contribution in [0.2, 0.25) is 0 Å². The predicted octanol–water partition coefficient (Wildman–Crippen LogP) is 1.39. The summed E-state index contributed by atoms with van der Waals surface area (Å²) in [5, 5.41) is 3.36. The molecule has 1 N–H and O–H groups in total. The van der Waals surface area contributed by atoms with Crippen LogP contribution in [0.4, 0.5) is 0 Å². The molecule has 12 heavy (non-hydrogen) atoms. The first kappa shape index (κ1) is 8.52. The van der Waals surface area contributed by atoms with Gasteiger partial charge >= 0.3 is 0 Å². The lowest BCUT2D eigenvalue weighted by Crippen LogP contribution is -2.45. The summed E-state index contributed by atoms with van der Waals surface area (Å²) in [7, 11) is 0. The zero-order chi connectivity index (χ0) is 8.23. The van der Waals surface area contributed by atoms with Crippen LogP contribution in [0.3, 0.4) is 0 Å². The lowest BCUT2D eigenvalue weighted by Gasteiger charge is -2.36. The minimum Gasteiger partial charge on any atom is -0.314 e. The maximum atomic E-state index is 3.36. The molecule has 1 saturated heterocycles. The zero-order valence-corrected chi connectivity index (χ0v) is 7.76. The van der Waals surface area contributed by atoms with E-state index in [4.69, 9.17) is 0 Å². The third-order valence-electron chi connectivity index (χ3n) is 3.06. The van der Waals surface area contributed by atoms with E-state index in [0.29, 0.717) is 0 Å². The Morgan fingerprint density at radius 2 is 2.00 bits per heavy atom. The molecule has 0 amide bonds. The molecule has 2 fully saturated rings. The van der Waals surface area contributed by atoms with Crippen LogP contribution in [0.15, 0.2) is 0 Å². The SMILES string of the molecule is [CH]1CNCCN1C1CCCCC1. The zero-order valence-electron chi connectivity index (χ0n) is 7.76. The lowest BCUT2D eigenvalue weighted by atomic mass is 9.94. The van der Waals surface area contributed by atoms with Crippen molar-refractivity contribution in [2.75, 3.05) is 19.6 Å². The molecule has 1 aliphatic heterocycles. The van der Waals surface area contributed by atoms with Crippen molar-refractivity contribution in [2.45, 2.75) is 38.1 Å². The van der Waals surface area contributed by atoms with Gasteiger partial charge in [0.25, 0.3) is 0 Å². The van der Waals surface area contributed by atoms with Crippen molar-refractivity contribution in [1.82, 2.24) is 10.2 Å². The normalized spacial score (nSPS) is 29.0. The van der Waals surface area contributed by atoms with Crippen molar-refractivity contribution < 1.29 is 0 Å². The van der Waals surface area contributed by atoms with Crippen LogP contribution in [0.5, 0.6) is 0 Å². The highest BCUT2D eigenvalue weighted by Gasteiger charge is 2.21. The number of nitrogens with zero attached hydrogens (tertiary/aromatic N) is 1. The molecule has 1 saturated carbocycles. The number of piperazine rings is 1. The second-order valence-electron chi connectivity index (χ2n) is 3.92. The molecule has 0 unspecified atom stereocenters. The summed E-state index contributed by atoms with van der Waals surface area (Å²) in [4.78, 5) is 2.57. The molecule has 0 atom stereocenters. The second kappa shape index (κ2) is 4.24. The fraction of sp³-hybridized carbons (Fsp3) is 0.900. The van der Waals surface area contributed by atoms with E-state index in [0.717, 1.165) is 12.6 Å². The molecule has 0 bridgehead atoms. The van der Waals surface area contributed by atoms with Gasteiger partial charge in [-0.3, -0.25) is 4.90 Å². The van der Waals surface area contributed by atoms with Crippen LogP contribution in [0.1, 0.15) is 32.1 Å². The maximum absolute atomic E-state index is 3.36. The van der Waals surface area contributed by atoms with Crippen molar-refractivity contribution in [3.8, 4) is 0 Å². The van der Waals surface area contributed by atoms with Gasteiger partial charge in [-0.25, -0.2) is 0 Å². The standard InChI is InChI=1S/C10H19N2/c1-2-4-10(5-3-1)12-8-6-11-7-9-12/h8,10-11H,1-7,9H2. The molecule has 2 nitrogen and oxygen atoms in total. The van der Waals surface area contributed by atoms with E-state index in [2.05, 4.69) is 16.8 Å². The van der Waals surface area contributed by atoms with Gasteiger partial charge in [-0.15, -0.1) is 0 Å². The minimum absolute atomic E-state index is 0.876. The van der Waals surface area contributed by atoms with Gasteiger partial charge in [0.1, 0.15) is 0 Å². The van der Waals surface area contributed by atoms with Gasteiger partial charge in [-0.2, -0.15) is 0 Å². The van der Waals surface area contributed by atoms with Crippen LogP contribution < -0.4 is 5.32 Å². The van der Waals surface area contributed by atoms with Gasteiger partial charge in [-0.1, -0.05) is 19.3 Å². The molecule has 2 heteroatoms. The van der Waals surface area contributed by atoms with E-state index in [-0.39, 0.29) is 0 Å². The van der Waals surface area contributed by atoms with Gasteiger partial charge in [0.2, 0.25) is 0 Å². The number of hydrogen-bond acceptors (Lipinski definition) is 2. The predicted molar refractivity (Wildman–Crippen MR) is 50.7 cm³/mol. The summed E-state index contributed by atoms with van der Waals surface area (Å²) in [5.41, 5.74) is 0. The molecular formula is C10H19N2. The van der Waals surface area contributed by atoms with E-state index in [1.165, 1.54) is 45.2 Å². The van der Waals surface area contributed by atoms with Gasteiger partial charge < -0.3 is 5.32 Å². The van der Waals surface area contributed by atoms with Crippen LogP contribution in [-0.4, -0.2) is 30.6 Å². The molecule has 1 aliphatic carbocycles. The number of nitrogens with one attached hydrogen (secondary N) is 1. The third kappa shape index (κ3) is 1.99. The highest BCUT2D eigenvalue weighted by molar-refractivity contribution is 4.85. The molecule has 0 aromatic rings. The lowest BCUT2D eigenvalue weighted by molar-refractivity contribution is 0.174. The number of hydrogen-bond donors (Lipinski definition) is 1. The fourth-order valence-corrected chi connectivity index (χ4v) is 2.33. The topological polar surface area (TPSA) is 15.3 Å². The van der Waals surface area contributed by atoms with Crippen molar-refractivity contribution in [1.29, 1.82) is 0 Å². The maximum Gasteiger partial charge on any atom is 0.0392 e. The average Bonchev–Trinajstić information content (AvgIpc) is 2.21. The average molecular weight is 167 g/mol. The first-order valence-corrected chi connectivity index (χ1v) is 5.26. The summed E-state index contributed by atoms with van der Waals surface area (Å²) in [6.45, 7) is 5.83. The van der Waals surface area contributed by atoms with Crippen molar-refractivity contribution in [3.05, 3.63) is 6.54 Å². The van der Waals surface area contributed by atoms with Crippen LogP contribution >= 0.6 is 0 Å². The van der Waals surface area contributed by atoms with Gasteiger partial charge in [0, 0.05) is 32.2 Å². The van der Waals surface area contributed by atoms with E-state index < -0.39 is 0 Å². The van der Waals surface area contributed by atoms with Crippen molar-refractivity contribution >= 4 is 0 Å². The Kier molecular flexibility index (Phi) is 3.01. The number of rotatable bonds is 1. The van der Waals surface area contributed by atoms with Gasteiger partial charge in [-0.05, 0) is 12.8 Å². The van der Waals surface area contributed by atoms with Crippen molar-refractivity contribution in [3.63, 3.8) is 0 Å². The Hall–Kier alpha value is -0.0800. The molecule has 0 spiro atoms. The Morgan fingerprint density at radius 3 is 2.67 bits per heavy atom. The smallest absolute Gasteiger partial charge is 0.0392 e. The molecule has 0 aromatic carbocycles. The first-order chi connectivity index (χ1) is 5.97. The van der Waals surface area contributed by atoms with Crippen LogP contribution in [0.25, 0.3) is 0 Å². The highest BCUT2D eigenvalue weighted by Crippen LogP contribution is 2.23. The molecule has 2 aliphatic rings. The monoisotopic (exact) mass is 167 g/mol. The Balaban J connectivity index is 1.80. The Bertz CT molecular complexity index is 108. The van der Waals surface area contributed by atoms with Gasteiger partial charge in [0.05, 0.1) is 0 Å². The molecule has 0 aromatic heterocycles.